The molecule has 2 rings (SSSR count). The van der Waals surface area contributed by atoms with Crippen molar-refractivity contribution in [3.05, 3.63) is 35.1 Å². The summed E-state index contributed by atoms with van der Waals surface area (Å²) in [7, 11) is 0. The van der Waals surface area contributed by atoms with Gasteiger partial charge in [-0.05, 0) is 30.7 Å². The lowest BCUT2D eigenvalue weighted by molar-refractivity contribution is -0.137. The predicted molar refractivity (Wildman–Crippen MR) is 71.5 cm³/mol. The number of alkyl halides is 3. The Kier molecular flexibility index (Phi) is 5.79. The first-order valence-corrected chi connectivity index (χ1v) is 6.20. The topological polar surface area (TPSA) is 15.3 Å². The van der Waals surface area contributed by atoms with Crippen LogP contribution in [0.5, 0.6) is 0 Å². The lowest BCUT2D eigenvalue weighted by Gasteiger charge is -2.33. The number of rotatable bonds is 2. The molecule has 1 saturated heterocycles. The Morgan fingerprint density at radius 1 is 1.15 bits per heavy atom. The molecular weight excluding hydrogens is 296 g/mol. The predicted octanol–water partition coefficient (Wildman–Crippen LogP) is 3.23. The van der Waals surface area contributed by atoms with Crippen LogP contribution in [-0.2, 0) is 6.18 Å². The van der Waals surface area contributed by atoms with Crippen LogP contribution in [0.3, 0.4) is 0 Å². The van der Waals surface area contributed by atoms with E-state index in [1.54, 1.807) is 6.92 Å². The Bertz CT molecular complexity index is 444. The molecule has 1 aliphatic rings. The molecule has 0 amide bonds. The van der Waals surface area contributed by atoms with Gasteiger partial charge in [-0.15, -0.1) is 12.4 Å². The molecule has 114 valence electrons. The molecule has 7 heteroatoms. The van der Waals surface area contributed by atoms with Gasteiger partial charge >= 0.3 is 6.18 Å². The molecule has 1 atom stereocenters. The second kappa shape index (κ2) is 6.74. The number of hydrogen-bond donors (Lipinski definition) is 1. The first-order chi connectivity index (χ1) is 8.88. The van der Waals surface area contributed by atoms with Gasteiger partial charge in [0.2, 0.25) is 0 Å². The van der Waals surface area contributed by atoms with E-state index in [2.05, 4.69) is 5.32 Å². The lowest BCUT2D eigenvalue weighted by Crippen LogP contribution is -2.44. The molecule has 1 N–H and O–H groups in total. The zero-order valence-electron chi connectivity index (χ0n) is 11.0. The van der Waals surface area contributed by atoms with E-state index in [0.717, 1.165) is 32.2 Å². The molecule has 0 radical (unpaired) electrons. The lowest BCUT2D eigenvalue weighted by atomic mass is 10.0. The quantitative estimate of drug-likeness (QED) is 0.844. The zero-order valence-corrected chi connectivity index (χ0v) is 11.8. The van der Waals surface area contributed by atoms with Crippen LogP contribution in [0.1, 0.15) is 24.1 Å². The normalized spacial score (nSPS) is 18.4. The molecule has 0 aliphatic carbocycles. The van der Waals surface area contributed by atoms with Crippen LogP contribution in [0, 0.1) is 5.82 Å². The number of halogens is 5. The highest BCUT2D eigenvalue weighted by molar-refractivity contribution is 5.85. The largest absolute Gasteiger partial charge is 0.416 e. The second-order valence-electron chi connectivity index (χ2n) is 4.73. The van der Waals surface area contributed by atoms with E-state index in [9.17, 15) is 17.6 Å². The first kappa shape index (κ1) is 17.2. The van der Waals surface area contributed by atoms with Crippen LogP contribution >= 0.6 is 12.4 Å². The highest BCUT2D eigenvalue weighted by Crippen LogP contribution is 2.32. The van der Waals surface area contributed by atoms with Crippen molar-refractivity contribution >= 4 is 12.4 Å². The van der Waals surface area contributed by atoms with E-state index in [1.165, 1.54) is 6.07 Å². The minimum absolute atomic E-state index is 0. The molecule has 0 unspecified atom stereocenters. The molecule has 1 aromatic rings. The summed E-state index contributed by atoms with van der Waals surface area (Å²) in [5.41, 5.74) is -0.557. The third-order valence-corrected chi connectivity index (χ3v) is 3.43. The molecular formula is C13H17ClF4N2. The number of piperazine rings is 1. The van der Waals surface area contributed by atoms with Crippen LogP contribution in [0.2, 0.25) is 0 Å². The SMILES string of the molecule is C[C@@H](c1cc(F)cc(C(F)(F)F)c1)N1CCNCC1.Cl. The summed E-state index contributed by atoms with van der Waals surface area (Å²) in [6.07, 6.45) is -4.51. The van der Waals surface area contributed by atoms with E-state index < -0.39 is 17.6 Å². The van der Waals surface area contributed by atoms with Crippen molar-refractivity contribution in [3.63, 3.8) is 0 Å². The number of nitrogens with zero attached hydrogens (tertiary/aromatic N) is 1. The Hall–Kier alpha value is -0.850. The molecule has 20 heavy (non-hydrogen) atoms. The summed E-state index contributed by atoms with van der Waals surface area (Å²) in [6, 6.07) is 2.53. The molecule has 0 aromatic heterocycles. The minimum atomic E-state index is -4.51. The minimum Gasteiger partial charge on any atom is -0.314 e. The van der Waals surface area contributed by atoms with Crippen molar-refractivity contribution in [1.29, 1.82) is 0 Å². The highest BCUT2D eigenvalue weighted by Gasteiger charge is 2.32. The van der Waals surface area contributed by atoms with Crippen molar-refractivity contribution in [3.8, 4) is 0 Å². The summed E-state index contributed by atoms with van der Waals surface area (Å²) in [4.78, 5) is 2.05. The highest BCUT2D eigenvalue weighted by atomic mass is 35.5. The van der Waals surface area contributed by atoms with Crippen molar-refractivity contribution in [1.82, 2.24) is 10.2 Å². The van der Waals surface area contributed by atoms with Crippen LogP contribution in [-0.4, -0.2) is 31.1 Å². The van der Waals surface area contributed by atoms with Crippen molar-refractivity contribution in [2.24, 2.45) is 0 Å². The van der Waals surface area contributed by atoms with E-state index >= 15 is 0 Å². The summed E-state index contributed by atoms with van der Waals surface area (Å²) in [6.45, 7) is 4.90. The number of benzene rings is 1. The maximum atomic E-state index is 13.4. The van der Waals surface area contributed by atoms with Gasteiger partial charge in [-0.1, -0.05) is 0 Å². The van der Waals surface area contributed by atoms with Gasteiger partial charge in [0.25, 0.3) is 0 Å². The van der Waals surface area contributed by atoms with Gasteiger partial charge in [0.1, 0.15) is 5.82 Å². The molecule has 1 aromatic carbocycles. The Morgan fingerprint density at radius 3 is 2.30 bits per heavy atom. The molecule has 1 fully saturated rings. The average molecular weight is 313 g/mol. The third kappa shape index (κ3) is 4.07. The smallest absolute Gasteiger partial charge is 0.314 e. The van der Waals surface area contributed by atoms with Gasteiger partial charge in [-0.25, -0.2) is 4.39 Å². The van der Waals surface area contributed by atoms with Crippen molar-refractivity contribution in [2.45, 2.75) is 19.1 Å². The second-order valence-corrected chi connectivity index (χ2v) is 4.73. The summed E-state index contributed by atoms with van der Waals surface area (Å²) >= 11 is 0. The monoisotopic (exact) mass is 312 g/mol. The fourth-order valence-corrected chi connectivity index (χ4v) is 2.30. The van der Waals surface area contributed by atoms with Crippen LogP contribution in [0.25, 0.3) is 0 Å². The van der Waals surface area contributed by atoms with Gasteiger partial charge in [0.15, 0.2) is 0 Å². The Labute approximate surface area is 121 Å². The zero-order chi connectivity index (χ0) is 14.0. The summed E-state index contributed by atoms with van der Waals surface area (Å²) in [5, 5.41) is 3.17. The van der Waals surface area contributed by atoms with Gasteiger partial charge in [-0.2, -0.15) is 13.2 Å². The van der Waals surface area contributed by atoms with Crippen LogP contribution in [0.4, 0.5) is 17.6 Å². The maximum absolute atomic E-state index is 13.4. The Morgan fingerprint density at radius 2 is 1.75 bits per heavy atom. The molecule has 1 aliphatic heterocycles. The molecule has 0 saturated carbocycles. The standard InChI is InChI=1S/C13H16F4N2.ClH/c1-9(19-4-2-18-3-5-19)10-6-11(13(15,16)17)8-12(14)7-10;/h6-9,18H,2-5H2,1H3;1H/t9-;/m0./s1. The summed E-state index contributed by atoms with van der Waals surface area (Å²) < 4.78 is 51.3. The van der Waals surface area contributed by atoms with Crippen LogP contribution in [0.15, 0.2) is 18.2 Å². The fraction of sp³-hybridized carbons (Fsp3) is 0.538. The van der Waals surface area contributed by atoms with Gasteiger partial charge in [-0.3, -0.25) is 4.90 Å². The number of nitrogens with one attached hydrogen (secondary N) is 1. The third-order valence-electron chi connectivity index (χ3n) is 3.43. The molecule has 0 bridgehead atoms. The first-order valence-electron chi connectivity index (χ1n) is 6.20. The fourth-order valence-electron chi connectivity index (χ4n) is 2.30. The molecule has 0 spiro atoms. The van der Waals surface area contributed by atoms with Gasteiger partial charge < -0.3 is 5.32 Å². The van der Waals surface area contributed by atoms with Gasteiger partial charge in [0, 0.05) is 32.2 Å². The van der Waals surface area contributed by atoms with Crippen molar-refractivity contribution in [2.75, 3.05) is 26.2 Å². The summed E-state index contributed by atoms with van der Waals surface area (Å²) in [5.74, 6) is -0.841. The van der Waals surface area contributed by atoms with Gasteiger partial charge in [0.05, 0.1) is 5.56 Å². The average Bonchev–Trinajstić information content (AvgIpc) is 2.37. The Balaban J connectivity index is 0.00000200. The van der Waals surface area contributed by atoms with E-state index in [-0.39, 0.29) is 18.4 Å². The number of hydrogen-bond acceptors (Lipinski definition) is 2. The van der Waals surface area contributed by atoms with E-state index in [1.807, 2.05) is 4.90 Å². The van der Waals surface area contributed by atoms with E-state index in [0.29, 0.717) is 11.6 Å². The molecule has 2 nitrogen and oxygen atoms in total. The molecule has 1 heterocycles. The maximum Gasteiger partial charge on any atom is 0.416 e. The van der Waals surface area contributed by atoms with E-state index in [4.69, 9.17) is 0 Å². The van der Waals surface area contributed by atoms with Crippen LogP contribution < -0.4 is 5.32 Å². The van der Waals surface area contributed by atoms with Crippen molar-refractivity contribution < 1.29 is 17.6 Å².